The summed E-state index contributed by atoms with van der Waals surface area (Å²) >= 11 is 0. The predicted molar refractivity (Wildman–Crippen MR) is 68.3 cm³/mol. The van der Waals surface area contributed by atoms with Gasteiger partial charge in [0.1, 0.15) is 0 Å². The Morgan fingerprint density at radius 3 is 3.00 bits per heavy atom. The second-order valence-corrected chi connectivity index (χ2v) is 4.12. The third-order valence-corrected chi connectivity index (χ3v) is 2.94. The highest BCUT2D eigenvalue weighted by atomic mass is 16.5. The van der Waals surface area contributed by atoms with E-state index in [4.69, 9.17) is 4.74 Å². The number of anilines is 1. The molecule has 0 spiro atoms. The first-order chi connectivity index (χ1) is 8.83. The highest BCUT2D eigenvalue weighted by Crippen LogP contribution is 2.26. The van der Waals surface area contributed by atoms with E-state index in [1.165, 1.54) is 0 Å². The Morgan fingerprint density at radius 1 is 1.22 bits per heavy atom. The summed E-state index contributed by atoms with van der Waals surface area (Å²) < 4.78 is 4.97. The van der Waals surface area contributed by atoms with Crippen molar-refractivity contribution in [1.82, 2.24) is 4.98 Å². The molecule has 0 bridgehead atoms. The largest absolute Gasteiger partial charge is 0.449 e. The monoisotopic (exact) mass is 240 g/mol. The van der Waals surface area contributed by atoms with Crippen molar-refractivity contribution in [2.24, 2.45) is 0 Å². The van der Waals surface area contributed by atoms with E-state index < -0.39 is 0 Å². The van der Waals surface area contributed by atoms with Crippen LogP contribution in [0.5, 0.6) is 0 Å². The summed E-state index contributed by atoms with van der Waals surface area (Å²) in [5, 5.41) is 2.72. The number of hydrogen-bond donors (Lipinski definition) is 1. The maximum absolute atomic E-state index is 11.3. The zero-order valence-electron chi connectivity index (χ0n) is 9.72. The van der Waals surface area contributed by atoms with E-state index in [9.17, 15) is 4.79 Å². The molecule has 0 atom stereocenters. The highest BCUT2D eigenvalue weighted by Gasteiger charge is 2.13. The maximum Gasteiger partial charge on any atom is 0.411 e. The van der Waals surface area contributed by atoms with Crippen molar-refractivity contribution in [3.8, 4) is 11.1 Å². The van der Waals surface area contributed by atoms with Crippen LogP contribution in [0.2, 0.25) is 0 Å². The van der Waals surface area contributed by atoms with Crippen LogP contribution < -0.4 is 5.32 Å². The number of benzene rings is 1. The van der Waals surface area contributed by atoms with Crippen LogP contribution in [0.25, 0.3) is 11.1 Å². The molecule has 0 aliphatic carbocycles. The molecule has 3 rings (SSSR count). The van der Waals surface area contributed by atoms with Gasteiger partial charge < -0.3 is 4.74 Å². The predicted octanol–water partition coefficient (Wildman–Crippen LogP) is 2.85. The van der Waals surface area contributed by atoms with Gasteiger partial charge in [0.2, 0.25) is 0 Å². The first-order valence-corrected chi connectivity index (χ1v) is 5.80. The van der Waals surface area contributed by atoms with E-state index in [2.05, 4.69) is 16.4 Å². The number of nitrogens with one attached hydrogen (secondary N) is 1. The zero-order valence-corrected chi connectivity index (χ0v) is 9.72. The maximum atomic E-state index is 11.3. The van der Waals surface area contributed by atoms with Crippen LogP contribution in [0.1, 0.15) is 5.56 Å². The number of fused-ring (bicyclic) bond motifs is 1. The molecular formula is C14H12N2O2. The minimum atomic E-state index is -0.386. The fraction of sp³-hybridized carbons (Fsp3) is 0.143. The first kappa shape index (κ1) is 10.8. The second-order valence-electron chi connectivity index (χ2n) is 4.12. The van der Waals surface area contributed by atoms with Gasteiger partial charge in [0.05, 0.1) is 6.61 Å². The van der Waals surface area contributed by atoms with Crippen LogP contribution in [-0.4, -0.2) is 17.7 Å². The standard InChI is InChI=1S/C14H12N2O2/c17-14-16-13-4-3-10(8-11(13)5-7-18-14)12-2-1-6-15-9-12/h1-4,6,8-9H,5,7H2,(H,16,17). The molecule has 0 saturated heterocycles. The Labute approximate surface area is 105 Å². The van der Waals surface area contributed by atoms with Crippen LogP contribution in [0.15, 0.2) is 42.7 Å². The molecule has 1 amide bonds. The summed E-state index contributed by atoms with van der Waals surface area (Å²) in [6, 6.07) is 9.87. The summed E-state index contributed by atoms with van der Waals surface area (Å²) in [5.74, 6) is 0. The van der Waals surface area contributed by atoms with E-state index in [1.54, 1.807) is 6.20 Å². The molecule has 1 aliphatic heterocycles. The lowest BCUT2D eigenvalue weighted by Gasteiger charge is -2.08. The van der Waals surface area contributed by atoms with Crippen molar-refractivity contribution >= 4 is 11.8 Å². The number of carbonyl (C=O) groups is 1. The number of rotatable bonds is 1. The summed E-state index contributed by atoms with van der Waals surface area (Å²) in [6.07, 6.45) is 3.92. The second kappa shape index (κ2) is 4.49. The number of pyridine rings is 1. The fourth-order valence-electron chi connectivity index (χ4n) is 2.04. The zero-order chi connectivity index (χ0) is 12.4. The van der Waals surface area contributed by atoms with Gasteiger partial charge >= 0.3 is 6.09 Å². The summed E-state index contributed by atoms with van der Waals surface area (Å²) in [4.78, 5) is 15.4. The number of aromatic nitrogens is 1. The van der Waals surface area contributed by atoms with E-state index in [-0.39, 0.29) is 6.09 Å². The third-order valence-electron chi connectivity index (χ3n) is 2.94. The lowest BCUT2D eigenvalue weighted by atomic mass is 10.0. The lowest BCUT2D eigenvalue weighted by Crippen LogP contribution is -2.11. The van der Waals surface area contributed by atoms with Crippen molar-refractivity contribution in [3.05, 3.63) is 48.3 Å². The molecule has 4 heteroatoms. The summed E-state index contributed by atoms with van der Waals surface area (Å²) in [6.45, 7) is 0.412. The topological polar surface area (TPSA) is 51.2 Å². The van der Waals surface area contributed by atoms with Gasteiger partial charge in [0, 0.05) is 24.5 Å². The molecule has 90 valence electrons. The number of cyclic esters (lactones) is 1. The number of hydrogen-bond acceptors (Lipinski definition) is 3. The lowest BCUT2D eigenvalue weighted by molar-refractivity contribution is 0.165. The van der Waals surface area contributed by atoms with Crippen LogP contribution >= 0.6 is 0 Å². The van der Waals surface area contributed by atoms with Crippen LogP contribution in [-0.2, 0) is 11.2 Å². The third kappa shape index (κ3) is 2.05. The molecule has 2 heterocycles. The average Bonchev–Trinajstić information content (AvgIpc) is 2.59. The number of ether oxygens (including phenoxy) is 1. The van der Waals surface area contributed by atoms with Crippen molar-refractivity contribution in [3.63, 3.8) is 0 Å². The van der Waals surface area contributed by atoms with Gasteiger partial charge in [-0.3, -0.25) is 10.3 Å². The van der Waals surface area contributed by atoms with Crippen molar-refractivity contribution in [1.29, 1.82) is 0 Å². The quantitative estimate of drug-likeness (QED) is 0.833. The molecule has 0 radical (unpaired) electrons. The Hall–Kier alpha value is -2.36. The van der Waals surface area contributed by atoms with Gasteiger partial charge in [0.25, 0.3) is 0 Å². The van der Waals surface area contributed by atoms with Gasteiger partial charge in [-0.05, 0) is 34.9 Å². The number of nitrogens with zero attached hydrogens (tertiary/aromatic N) is 1. The van der Waals surface area contributed by atoms with Crippen molar-refractivity contribution in [2.45, 2.75) is 6.42 Å². The molecule has 1 aromatic carbocycles. The molecule has 1 N–H and O–H groups in total. The van der Waals surface area contributed by atoms with E-state index in [0.29, 0.717) is 6.61 Å². The average molecular weight is 240 g/mol. The van der Waals surface area contributed by atoms with Crippen LogP contribution in [0, 0.1) is 0 Å². The van der Waals surface area contributed by atoms with Crippen molar-refractivity contribution in [2.75, 3.05) is 11.9 Å². The van der Waals surface area contributed by atoms with Gasteiger partial charge in [-0.15, -0.1) is 0 Å². The van der Waals surface area contributed by atoms with Gasteiger partial charge in [0.15, 0.2) is 0 Å². The van der Waals surface area contributed by atoms with Crippen molar-refractivity contribution < 1.29 is 9.53 Å². The molecule has 1 aromatic heterocycles. The Bertz CT molecular complexity index is 582. The minimum absolute atomic E-state index is 0.386. The molecule has 0 saturated carbocycles. The first-order valence-electron chi connectivity index (χ1n) is 5.80. The van der Waals surface area contributed by atoms with E-state index in [0.717, 1.165) is 28.8 Å². The summed E-state index contributed by atoms with van der Waals surface area (Å²) in [7, 11) is 0. The van der Waals surface area contributed by atoms with E-state index in [1.807, 2.05) is 30.5 Å². The smallest absolute Gasteiger partial charge is 0.411 e. The Balaban J connectivity index is 2.01. The molecule has 4 nitrogen and oxygen atoms in total. The normalized spacial score (nSPS) is 14.1. The van der Waals surface area contributed by atoms with Gasteiger partial charge in [-0.25, -0.2) is 4.79 Å². The molecular weight excluding hydrogens is 228 g/mol. The molecule has 1 aliphatic rings. The number of amides is 1. The molecule has 2 aromatic rings. The number of carbonyl (C=O) groups excluding carboxylic acids is 1. The highest BCUT2D eigenvalue weighted by molar-refractivity contribution is 5.87. The van der Waals surface area contributed by atoms with E-state index >= 15 is 0 Å². The van der Waals surface area contributed by atoms with Crippen LogP contribution in [0.3, 0.4) is 0 Å². The van der Waals surface area contributed by atoms with Gasteiger partial charge in [-0.1, -0.05) is 12.1 Å². The minimum Gasteiger partial charge on any atom is -0.449 e. The Kier molecular flexibility index (Phi) is 2.68. The summed E-state index contributed by atoms with van der Waals surface area (Å²) in [5.41, 5.74) is 4.07. The molecule has 0 fully saturated rings. The molecule has 0 unspecified atom stereocenters. The van der Waals surface area contributed by atoms with Crippen LogP contribution in [0.4, 0.5) is 10.5 Å². The molecule has 18 heavy (non-hydrogen) atoms. The van der Waals surface area contributed by atoms with Gasteiger partial charge in [-0.2, -0.15) is 0 Å². The fourth-order valence-corrected chi connectivity index (χ4v) is 2.04. The SMILES string of the molecule is O=C1Nc2ccc(-c3cccnc3)cc2CCO1. The Morgan fingerprint density at radius 2 is 2.17 bits per heavy atom.